The van der Waals surface area contributed by atoms with Crippen LogP contribution in [-0.4, -0.2) is 11.5 Å². The number of rotatable bonds is 1. The van der Waals surface area contributed by atoms with E-state index in [0.29, 0.717) is 28.2 Å². The lowest BCUT2D eigenvalue weighted by Crippen LogP contribution is -2.21. The van der Waals surface area contributed by atoms with Crippen molar-refractivity contribution in [3.8, 4) is 0 Å². The number of aliphatic imine (C=N–C) groups is 1. The van der Waals surface area contributed by atoms with E-state index >= 15 is 0 Å². The van der Waals surface area contributed by atoms with Crippen LogP contribution < -0.4 is 11.5 Å². The van der Waals surface area contributed by atoms with E-state index in [1.807, 2.05) is 12.1 Å². The Bertz CT molecular complexity index is 592. The predicted octanol–water partition coefficient (Wildman–Crippen LogP) is 2.10. The molecular formula is C14H15N3O. The smallest absolute Gasteiger partial charge is 0.186 e. The molecule has 0 spiro atoms. The lowest BCUT2D eigenvalue weighted by Gasteiger charge is -2.14. The molecule has 18 heavy (non-hydrogen) atoms. The maximum absolute atomic E-state index is 11.7. The second-order valence-electron chi connectivity index (χ2n) is 4.28. The number of benzene rings is 1. The van der Waals surface area contributed by atoms with Crippen molar-refractivity contribution in [1.29, 1.82) is 0 Å². The quantitative estimate of drug-likeness (QED) is 0.583. The van der Waals surface area contributed by atoms with E-state index < -0.39 is 0 Å². The number of carbonyl (C=O) groups is 1. The first-order valence-electron chi connectivity index (χ1n) is 5.63. The van der Waals surface area contributed by atoms with Gasteiger partial charge in [-0.3, -0.25) is 4.79 Å². The van der Waals surface area contributed by atoms with Crippen LogP contribution >= 0.6 is 0 Å². The normalized spacial score (nSPS) is 18.2. The predicted molar refractivity (Wildman–Crippen MR) is 73.6 cm³/mol. The number of ketones is 1. The molecule has 0 aliphatic heterocycles. The van der Waals surface area contributed by atoms with Gasteiger partial charge in [0, 0.05) is 11.3 Å². The molecule has 0 fully saturated rings. The lowest BCUT2D eigenvalue weighted by molar-refractivity contribution is -0.112. The summed E-state index contributed by atoms with van der Waals surface area (Å²) in [5.41, 5.74) is 15.2. The Labute approximate surface area is 106 Å². The third kappa shape index (κ3) is 2.18. The molecule has 0 atom stereocenters. The van der Waals surface area contributed by atoms with Crippen molar-refractivity contribution in [2.45, 2.75) is 13.8 Å². The molecule has 0 saturated carbocycles. The molecule has 0 amide bonds. The molecule has 1 aliphatic rings. The largest absolute Gasteiger partial charge is 0.399 e. The molecule has 4 heteroatoms. The van der Waals surface area contributed by atoms with Gasteiger partial charge in [0.2, 0.25) is 0 Å². The second kappa shape index (κ2) is 4.49. The Morgan fingerprint density at radius 2 is 1.67 bits per heavy atom. The van der Waals surface area contributed by atoms with E-state index in [4.69, 9.17) is 11.5 Å². The third-order valence-electron chi connectivity index (χ3n) is 2.87. The Hall–Kier alpha value is -2.36. The first-order chi connectivity index (χ1) is 8.49. The molecule has 2 rings (SSSR count). The average Bonchev–Trinajstić information content (AvgIpc) is 2.36. The van der Waals surface area contributed by atoms with Crippen LogP contribution in [0.3, 0.4) is 0 Å². The SMILES string of the molecule is CC1=CC(=Nc2ccc(N)cc2)C(N)=C(C)C1=O. The summed E-state index contributed by atoms with van der Waals surface area (Å²) in [6.45, 7) is 3.48. The molecule has 4 N–H and O–H groups in total. The van der Waals surface area contributed by atoms with Crippen molar-refractivity contribution >= 4 is 22.9 Å². The van der Waals surface area contributed by atoms with Gasteiger partial charge in [-0.15, -0.1) is 0 Å². The monoisotopic (exact) mass is 241 g/mol. The van der Waals surface area contributed by atoms with E-state index in [-0.39, 0.29) is 5.78 Å². The highest BCUT2D eigenvalue weighted by Crippen LogP contribution is 2.20. The van der Waals surface area contributed by atoms with Gasteiger partial charge >= 0.3 is 0 Å². The first-order valence-corrected chi connectivity index (χ1v) is 5.63. The maximum Gasteiger partial charge on any atom is 0.186 e. The molecule has 0 heterocycles. The van der Waals surface area contributed by atoms with Crippen LogP contribution in [0, 0.1) is 0 Å². The number of anilines is 1. The molecule has 0 bridgehead atoms. The summed E-state index contributed by atoms with van der Waals surface area (Å²) in [5, 5.41) is 0. The molecule has 0 aromatic heterocycles. The van der Waals surface area contributed by atoms with Crippen LogP contribution in [-0.2, 0) is 4.79 Å². The zero-order valence-electron chi connectivity index (χ0n) is 10.4. The van der Waals surface area contributed by atoms with Crippen molar-refractivity contribution in [2.24, 2.45) is 10.7 Å². The summed E-state index contributed by atoms with van der Waals surface area (Å²) in [6.07, 6.45) is 1.71. The fraction of sp³-hybridized carbons (Fsp3) is 0.143. The fourth-order valence-corrected chi connectivity index (χ4v) is 1.74. The minimum atomic E-state index is -0.0243. The lowest BCUT2D eigenvalue weighted by atomic mass is 9.95. The highest BCUT2D eigenvalue weighted by molar-refractivity contribution is 6.24. The summed E-state index contributed by atoms with van der Waals surface area (Å²) in [7, 11) is 0. The molecule has 0 radical (unpaired) electrons. The van der Waals surface area contributed by atoms with Gasteiger partial charge in [0.25, 0.3) is 0 Å². The highest BCUT2D eigenvalue weighted by atomic mass is 16.1. The van der Waals surface area contributed by atoms with Gasteiger partial charge in [-0.2, -0.15) is 0 Å². The Balaban J connectivity index is 2.45. The van der Waals surface area contributed by atoms with Crippen LogP contribution in [0.1, 0.15) is 13.8 Å². The van der Waals surface area contributed by atoms with Crippen molar-refractivity contribution in [2.75, 3.05) is 5.73 Å². The fourth-order valence-electron chi connectivity index (χ4n) is 1.74. The van der Waals surface area contributed by atoms with E-state index in [0.717, 1.165) is 5.69 Å². The van der Waals surface area contributed by atoms with Crippen molar-refractivity contribution in [3.63, 3.8) is 0 Å². The van der Waals surface area contributed by atoms with Crippen LogP contribution in [0.2, 0.25) is 0 Å². The molecule has 4 nitrogen and oxygen atoms in total. The number of nitrogens with two attached hydrogens (primary N) is 2. The molecule has 1 aliphatic carbocycles. The molecular weight excluding hydrogens is 226 g/mol. The minimum Gasteiger partial charge on any atom is -0.399 e. The Kier molecular flexibility index (Phi) is 3.02. The molecule has 0 unspecified atom stereocenters. The van der Waals surface area contributed by atoms with E-state index in [1.165, 1.54) is 0 Å². The topological polar surface area (TPSA) is 81.5 Å². The number of nitrogens with zero attached hydrogens (tertiary/aromatic N) is 1. The van der Waals surface area contributed by atoms with Crippen LogP contribution in [0.15, 0.2) is 52.2 Å². The summed E-state index contributed by atoms with van der Waals surface area (Å²) >= 11 is 0. The Morgan fingerprint density at radius 3 is 2.28 bits per heavy atom. The van der Waals surface area contributed by atoms with Gasteiger partial charge in [0.1, 0.15) is 0 Å². The number of nitrogen functional groups attached to an aromatic ring is 1. The third-order valence-corrected chi connectivity index (χ3v) is 2.87. The van der Waals surface area contributed by atoms with Crippen molar-refractivity contribution in [3.05, 3.63) is 47.2 Å². The number of hydrogen-bond acceptors (Lipinski definition) is 4. The summed E-state index contributed by atoms with van der Waals surface area (Å²) in [6, 6.07) is 7.17. The van der Waals surface area contributed by atoms with Gasteiger partial charge in [-0.05, 0) is 49.8 Å². The van der Waals surface area contributed by atoms with E-state index in [1.54, 1.807) is 32.1 Å². The standard InChI is InChI=1S/C14H15N3O/c1-8-7-12(13(16)9(2)14(8)18)17-11-5-3-10(15)4-6-11/h3-7H,15-16H2,1-2H3. The van der Waals surface area contributed by atoms with Gasteiger partial charge in [-0.1, -0.05) is 0 Å². The van der Waals surface area contributed by atoms with E-state index in [2.05, 4.69) is 4.99 Å². The molecule has 92 valence electrons. The average molecular weight is 241 g/mol. The maximum atomic E-state index is 11.7. The summed E-state index contributed by atoms with van der Waals surface area (Å²) < 4.78 is 0. The number of hydrogen-bond donors (Lipinski definition) is 2. The second-order valence-corrected chi connectivity index (χ2v) is 4.28. The highest BCUT2D eigenvalue weighted by Gasteiger charge is 2.19. The summed E-state index contributed by atoms with van der Waals surface area (Å²) in [5.74, 6) is -0.0243. The molecule has 0 saturated heterocycles. The molecule has 1 aromatic carbocycles. The Morgan fingerprint density at radius 1 is 1.06 bits per heavy atom. The van der Waals surface area contributed by atoms with Gasteiger partial charge in [0.05, 0.1) is 17.1 Å². The van der Waals surface area contributed by atoms with Crippen molar-refractivity contribution < 1.29 is 4.79 Å². The zero-order valence-corrected chi connectivity index (χ0v) is 10.4. The minimum absolute atomic E-state index is 0.0243. The number of Topliss-reactive ketones (excluding diaryl/α,β-unsaturated/α-hetero) is 1. The summed E-state index contributed by atoms with van der Waals surface area (Å²) in [4.78, 5) is 16.1. The number of allylic oxidation sites excluding steroid dienone is 3. The van der Waals surface area contributed by atoms with Gasteiger partial charge in [-0.25, -0.2) is 4.99 Å². The molecule has 1 aromatic rings. The van der Waals surface area contributed by atoms with Crippen LogP contribution in [0.4, 0.5) is 11.4 Å². The van der Waals surface area contributed by atoms with E-state index in [9.17, 15) is 4.79 Å². The van der Waals surface area contributed by atoms with Crippen LogP contribution in [0.25, 0.3) is 0 Å². The first kappa shape index (κ1) is 12.1. The van der Waals surface area contributed by atoms with Crippen LogP contribution in [0.5, 0.6) is 0 Å². The number of carbonyl (C=O) groups excluding carboxylic acids is 1. The van der Waals surface area contributed by atoms with Gasteiger partial charge < -0.3 is 11.5 Å². The van der Waals surface area contributed by atoms with Gasteiger partial charge in [0.15, 0.2) is 5.78 Å². The zero-order chi connectivity index (χ0) is 13.3. The van der Waals surface area contributed by atoms with Crippen molar-refractivity contribution in [1.82, 2.24) is 0 Å².